The normalized spacial score (nSPS) is 18.9. The Morgan fingerprint density at radius 2 is 2.32 bits per heavy atom. The maximum Gasteiger partial charge on any atom is 0.339 e. The summed E-state index contributed by atoms with van der Waals surface area (Å²) in [4.78, 5) is 11.5. The molecular weight excluding hydrogens is 316 g/mol. The summed E-state index contributed by atoms with van der Waals surface area (Å²) in [5, 5.41) is 0. The molecule has 0 unspecified atom stereocenters. The van der Waals surface area contributed by atoms with Gasteiger partial charge in [0, 0.05) is 4.47 Å². The fraction of sp³-hybridized carbons (Fsp3) is 0.462. The standard InChI is InChI=1S/C13H15BrO5/c1-16-13(15)11-6-9(2-3-12(11)14)19-8-10-7-17-4-5-18-10/h2-3,6,10H,4-5,7-8H2,1H3/t10-/m1/s1. The van der Waals surface area contributed by atoms with Crippen molar-refractivity contribution >= 4 is 21.9 Å². The van der Waals surface area contributed by atoms with E-state index in [2.05, 4.69) is 15.9 Å². The Balaban J connectivity index is 1.98. The molecule has 0 spiro atoms. The minimum absolute atomic E-state index is 0.0704. The zero-order valence-corrected chi connectivity index (χ0v) is 12.1. The van der Waals surface area contributed by atoms with Crippen LogP contribution in [0.2, 0.25) is 0 Å². The number of hydrogen-bond acceptors (Lipinski definition) is 5. The van der Waals surface area contributed by atoms with E-state index in [1.807, 2.05) is 0 Å². The van der Waals surface area contributed by atoms with E-state index < -0.39 is 5.97 Å². The molecule has 1 aromatic carbocycles. The van der Waals surface area contributed by atoms with Gasteiger partial charge in [-0.15, -0.1) is 0 Å². The number of halogens is 1. The first kappa shape index (κ1) is 14.3. The summed E-state index contributed by atoms with van der Waals surface area (Å²) in [5.41, 5.74) is 0.431. The first-order valence-electron chi connectivity index (χ1n) is 5.90. The summed E-state index contributed by atoms with van der Waals surface area (Å²) in [6.45, 7) is 2.13. The molecule has 19 heavy (non-hydrogen) atoms. The molecule has 0 bridgehead atoms. The lowest BCUT2D eigenvalue weighted by atomic mass is 10.2. The van der Waals surface area contributed by atoms with Crippen molar-refractivity contribution in [1.82, 2.24) is 0 Å². The second-order valence-corrected chi connectivity index (χ2v) is 4.87. The quantitative estimate of drug-likeness (QED) is 0.790. The van der Waals surface area contributed by atoms with Crippen molar-refractivity contribution in [3.63, 3.8) is 0 Å². The molecule has 1 atom stereocenters. The molecule has 6 heteroatoms. The van der Waals surface area contributed by atoms with Crippen molar-refractivity contribution in [2.45, 2.75) is 6.10 Å². The molecule has 1 heterocycles. The minimum Gasteiger partial charge on any atom is -0.491 e. The zero-order valence-electron chi connectivity index (χ0n) is 10.6. The van der Waals surface area contributed by atoms with Crippen LogP contribution < -0.4 is 4.74 Å². The number of ether oxygens (including phenoxy) is 4. The highest BCUT2D eigenvalue weighted by molar-refractivity contribution is 9.10. The van der Waals surface area contributed by atoms with E-state index >= 15 is 0 Å². The van der Waals surface area contributed by atoms with Crippen molar-refractivity contribution in [3.05, 3.63) is 28.2 Å². The number of benzene rings is 1. The van der Waals surface area contributed by atoms with Gasteiger partial charge in [-0.05, 0) is 34.1 Å². The molecule has 1 fully saturated rings. The monoisotopic (exact) mass is 330 g/mol. The molecule has 1 aliphatic heterocycles. The molecule has 0 saturated carbocycles. The van der Waals surface area contributed by atoms with Gasteiger partial charge < -0.3 is 18.9 Å². The van der Waals surface area contributed by atoms with E-state index in [0.29, 0.717) is 42.2 Å². The molecule has 1 aliphatic rings. The van der Waals surface area contributed by atoms with Gasteiger partial charge in [0.05, 0.1) is 32.5 Å². The minimum atomic E-state index is -0.408. The summed E-state index contributed by atoms with van der Waals surface area (Å²) in [7, 11) is 1.34. The lowest BCUT2D eigenvalue weighted by molar-refractivity contribution is -0.101. The lowest BCUT2D eigenvalue weighted by Gasteiger charge is -2.23. The smallest absolute Gasteiger partial charge is 0.339 e. The van der Waals surface area contributed by atoms with E-state index in [9.17, 15) is 4.79 Å². The molecule has 0 amide bonds. The third-order valence-corrected chi connectivity index (χ3v) is 3.36. The number of rotatable bonds is 4. The van der Waals surface area contributed by atoms with Crippen LogP contribution in [0, 0.1) is 0 Å². The fourth-order valence-corrected chi connectivity index (χ4v) is 2.09. The lowest BCUT2D eigenvalue weighted by Crippen LogP contribution is -2.33. The van der Waals surface area contributed by atoms with Gasteiger partial charge in [-0.1, -0.05) is 0 Å². The van der Waals surface area contributed by atoms with Crippen LogP contribution in [0.3, 0.4) is 0 Å². The summed E-state index contributed by atoms with van der Waals surface area (Å²) in [5.74, 6) is 0.187. The number of carbonyl (C=O) groups is 1. The van der Waals surface area contributed by atoms with Crippen LogP contribution in [-0.4, -0.2) is 45.6 Å². The third-order valence-electron chi connectivity index (χ3n) is 2.66. The Bertz CT molecular complexity index is 443. The summed E-state index contributed by atoms with van der Waals surface area (Å²) >= 11 is 3.30. The number of carbonyl (C=O) groups excluding carboxylic acids is 1. The molecule has 0 radical (unpaired) electrons. The second kappa shape index (κ2) is 6.88. The number of hydrogen-bond donors (Lipinski definition) is 0. The molecule has 104 valence electrons. The van der Waals surface area contributed by atoms with Crippen molar-refractivity contribution < 1.29 is 23.7 Å². The van der Waals surface area contributed by atoms with Crippen LogP contribution in [0.25, 0.3) is 0 Å². The van der Waals surface area contributed by atoms with Gasteiger partial charge in [0.25, 0.3) is 0 Å². The number of esters is 1. The van der Waals surface area contributed by atoms with Crippen LogP contribution in [0.15, 0.2) is 22.7 Å². The number of methoxy groups -OCH3 is 1. The molecule has 1 saturated heterocycles. The van der Waals surface area contributed by atoms with E-state index in [4.69, 9.17) is 18.9 Å². The van der Waals surface area contributed by atoms with Crippen molar-refractivity contribution in [2.24, 2.45) is 0 Å². The second-order valence-electron chi connectivity index (χ2n) is 4.01. The van der Waals surface area contributed by atoms with Gasteiger partial charge in [-0.2, -0.15) is 0 Å². The molecule has 0 aliphatic carbocycles. The van der Waals surface area contributed by atoms with Crippen LogP contribution in [-0.2, 0) is 14.2 Å². The molecule has 1 aromatic rings. The van der Waals surface area contributed by atoms with Gasteiger partial charge >= 0.3 is 5.97 Å². The van der Waals surface area contributed by atoms with Crippen molar-refractivity contribution in [1.29, 1.82) is 0 Å². The van der Waals surface area contributed by atoms with Gasteiger partial charge in [-0.25, -0.2) is 4.79 Å². The van der Waals surface area contributed by atoms with Crippen molar-refractivity contribution in [2.75, 3.05) is 33.5 Å². The Labute approximate surface area is 119 Å². The molecule has 0 N–H and O–H groups in total. The average Bonchev–Trinajstić information content (AvgIpc) is 2.46. The molecule has 0 aromatic heterocycles. The summed E-state index contributed by atoms with van der Waals surface area (Å²) in [6, 6.07) is 5.17. The molecule has 5 nitrogen and oxygen atoms in total. The maximum atomic E-state index is 11.5. The predicted octanol–water partition coefficient (Wildman–Crippen LogP) is 2.03. The fourth-order valence-electron chi connectivity index (χ4n) is 1.68. The van der Waals surface area contributed by atoms with E-state index in [1.165, 1.54) is 7.11 Å². The van der Waals surface area contributed by atoms with Gasteiger partial charge in [0.15, 0.2) is 0 Å². The first-order chi connectivity index (χ1) is 9.20. The Hall–Kier alpha value is -1.11. The highest BCUT2D eigenvalue weighted by Gasteiger charge is 2.16. The highest BCUT2D eigenvalue weighted by atomic mass is 79.9. The largest absolute Gasteiger partial charge is 0.491 e. The zero-order chi connectivity index (χ0) is 13.7. The molecular formula is C13H15BrO5. The van der Waals surface area contributed by atoms with E-state index in [0.717, 1.165) is 0 Å². The third kappa shape index (κ3) is 3.92. The summed E-state index contributed by atoms with van der Waals surface area (Å²) in [6.07, 6.45) is -0.0704. The average molecular weight is 331 g/mol. The maximum absolute atomic E-state index is 11.5. The van der Waals surface area contributed by atoms with Gasteiger partial charge in [0.1, 0.15) is 18.5 Å². The first-order valence-corrected chi connectivity index (χ1v) is 6.70. The van der Waals surface area contributed by atoms with Crippen molar-refractivity contribution in [3.8, 4) is 5.75 Å². The molecule has 2 rings (SSSR count). The Morgan fingerprint density at radius 3 is 3.00 bits per heavy atom. The predicted molar refractivity (Wildman–Crippen MR) is 71.5 cm³/mol. The van der Waals surface area contributed by atoms with Crippen LogP contribution in [0.1, 0.15) is 10.4 Å². The van der Waals surface area contributed by atoms with Crippen LogP contribution in [0.4, 0.5) is 0 Å². The Kier molecular flexibility index (Phi) is 5.18. The highest BCUT2D eigenvalue weighted by Crippen LogP contribution is 2.23. The topological polar surface area (TPSA) is 54.0 Å². The van der Waals surface area contributed by atoms with E-state index in [1.54, 1.807) is 18.2 Å². The van der Waals surface area contributed by atoms with Gasteiger partial charge in [-0.3, -0.25) is 0 Å². The Morgan fingerprint density at radius 1 is 1.47 bits per heavy atom. The van der Waals surface area contributed by atoms with E-state index in [-0.39, 0.29) is 6.10 Å². The summed E-state index contributed by atoms with van der Waals surface area (Å²) < 4.78 is 21.7. The van der Waals surface area contributed by atoms with Crippen LogP contribution >= 0.6 is 15.9 Å². The van der Waals surface area contributed by atoms with Gasteiger partial charge in [0.2, 0.25) is 0 Å². The SMILES string of the molecule is COC(=O)c1cc(OC[C@H]2COCCO2)ccc1Br. The van der Waals surface area contributed by atoms with Crippen LogP contribution in [0.5, 0.6) is 5.75 Å².